The summed E-state index contributed by atoms with van der Waals surface area (Å²) in [4.78, 5) is 10.4. The lowest BCUT2D eigenvalue weighted by Gasteiger charge is -2.16. The molecule has 0 saturated carbocycles. The highest BCUT2D eigenvalue weighted by atomic mass is 32.2. The van der Waals surface area contributed by atoms with Gasteiger partial charge in [-0.3, -0.25) is 4.79 Å². The Kier molecular flexibility index (Phi) is 5.68. The van der Waals surface area contributed by atoms with Gasteiger partial charge in [-0.05, 0) is 30.5 Å². The van der Waals surface area contributed by atoms with E-state index in [9.17, 15) is 21.6 Å². The van der Waals surface area contributed by atoms with Crippen molar-refractivity contribution in [3.63, 3.8) is 0 Å². The van der Waals surface area contributed by atoms with Crippen molar-refractivity contribution < 1.29 is 26.7 Å². The van der Waals surface area contributed by atoms with Crippen LogP contribution in [0.25, 0.3) is 0 Å². The first-order valence-corrected chi connectivity index (χ1v) is 9.34. The Morgan fingerprint density at radius 3 is 2.23 bits per heavy atom. The van der Waals surface area contributed by atoms with E-state index in [2.05, 4.69) is 4.72 Å². The second-order valence-corrected chi connectivity index (χ2v) is 8.44. The summed E-state index contributed by atoms with van der Waals surface area (Å²) in [5.41, 5.74) is 0. The monoisotopic (exact) mass is 350 g/mol. The number of benzene rings is 1. The Morgan fingerprint density at radius 2 is 1.77 bits per heavy atom. The molecule has 1 aromatic carbocycles. The van der Waals surface area contributed by atoms with Crippen LogP contribution in [-0.2, 0) is 24.8 Å². The van der Waals surface area contributed by atoms with Gasteiger partial charge >= 0.3 is 5.97 Å². The van der Waals surface area contributed by atoms with Crippen molar-refractivity contribution in [1.29, 1.82) is 0 Å². The zero-order valence-electron chi connectivity index (χ0n) is 12.1. The van der Waals surface area contributed by atoms with E-state index in [1.54, 1.807) is 13.8 Å². The molecule has 8 nitrogen and oxygen atoms in total. The summed E-state index contributed by atoms with van der Waals surface area (Å²) in [6.07, 6.45) is 0.101. The minimum Gasteiger partial charge on any atom is -0.480 e. The number of sulfonamides is 2. The molecule has 1 aromatic rings. The fourth-order valence-corrected chi connectivity index (χ4v) is 3.63. The molecule has 0 spiro atoms. The highest BCUT2D eigenvalue weighted by molar-refractivity contribution is 7.90. The normalized spacial score (nSPS) is 14.0. The molecular formula is C12H18N2O6S2. The maximum atomic E-state index is 12.2. The van der Waals surface area contributed by atoms with E-state index in [0.29, 0.717) is 0 Å². The SMILES string of the molecule is CC(C)C[C@@H](NS(=O)(=O)c1cccc(S(N)(=O)=O)c1)C(=O)O. The molecule has 0 aromatic heterocycles. The summed E-state index contributed by atoms with van der Waals surface area (Å²) in [6, 6.07) is 3.10. The molecule has 0 aliphatic heterocycles. The predicted octanol–water partition coefficient (Wildman–Crippen LogP) is 0.112. The zero-order chi connectivity index (χ0) is 17.1. The Labute approximate surface area is 129 Å². The molecule has 0 unspecified atom stereocenters. The van der Waals surface area contributed by atoms with Gasteiger partial charge in [-0.1, -0.05) is 19.9 Å². The number of carboxylic acids is 1. The highest BCUT2D eigenvalue weighted by Crippen LogP contribution is 2.16. The van der Waals surface area contributed by atoms with E-state index in [-0.39, 0.29) is 22.1 Å². The van der Waals surface area contributed by atoms with Gasteiger partial charge in [0.2, 0.25) is 20.0 Å². The second kappa shape index (κ2) is 6.73. The minimum atomic E-state index is -4.18. The molecule has 0 saturated heterocycles. The van der Waals surface area contributed by atoms with Crippen LogP contribution in [0.15, 0.2) is 34.1 Å². The summed E-state index contributed by atoms with van der Waals surface area (Å²) in [7, 11) is -8.24. The van der Waals surface area contributed by atoms with E-state index in [4.69, 9.17) is 10.2 Å². The lowest BCUT2D eigenvalue weighted by molar-refractivity contribution is -0.139. The van der Waals surface area contributed by atoms with Gasteiger partial charge in [-0.15, -0.1) is 0 Å². The molecular weight excluding hydrogens is 332 g/mol. The van der Waals surface area contributed by atoms with Crippen molar-refractivity contribution in [2.45, 2.75) is 36.1 Å². The molecule has 4 N–H and O–H groups in total. The molecule has 1 atom stereocenters. The first-order valence-electron chi connectivity index (χ1n) is 6.31. The number of carbonyl (C=O) groups is 1. The van der Waals surface area contributed by atoms with E-state index >= 15 is 0 Å². The number of carboxylic acid groups (broad SMARTS) is 1. The first kappa shape index (κ1) is 18.6. The fourth-order valence-electron chi connectivity index (χ4n) is 1.74. The Bertz CT molecular complexity index is 756. The smallest absolute Gasteiger partial charge is 0.321 e. The van der Waals surface area contributed by atoms with Gasteiger partial charge in [0, 0.05) is 0 Å². The third kappa shape index (κ3) is 5.05. The number of nitrogens with two attached hydrogens (primary N) is 1. The van der Waals surface area contributed by atoms with Gasteiger partial charge in [0.15, 0.2) is 0 Å². The van der Waals surface area contributed by atoms with Gasteiger partial charge in [0.05, 0.1) is 9.79 Å². The summed E-state index contributed by atoms with van der Waals surface area (Å²) in [5, 5.41) is 14.0. The molecule has 0 fully saturated rings. The molecule has 0 amide bonds. The molecule has 0 aliphatic rings. The number of primary sulfonamides is 1. The third-order valence-electron chi connectivity index (χ3n) is 2.75. The average Bonchev–Trinajstić information content (AvgIpc) is 2.36. The van der Waals surface area contributed by atoms with Crippen molar-refractivity contribution >= 4 is 26.0 Å². The van der Waals surface area contributed by atoms with Crippen LogP contribution >= 0.6 is 0 Å². The van der Waals surface area contributed by atoms with E-state index < -0.39 is 32.1 Å². The zero-order valence-corrected chi connectivity index (χ0v) is 13.7. The fraction of sp³-hybridized carbons (Fsp3) is 0.417. The van der Waals surface area contributed by atoms with Gasteiger partial charge in [-0.25, -0.2) is 22.0 Å². The second-order valence-electron chi connectivity index (χ2n) is 5.16. The van der Waals surface area contributed by atoms with Crippen molar-refractivity contribution in [2.24, 2.45) is 11.1 Å². The van der Waals surface area contributed by atoms with Gasteiger partial charge in [-0.2, -0.15) is 4.72 Å². The van der Waals surface area contributed by atoms with Crippen LogP contribution in [0.4, 0.5) is 0 Å². The van der Waals surface area contributed by atoms with Crippen molar-refractivity contribution in [2.75, 3.05) is 0 Å². The topological polar surface area (TPSA) is 144 Å². The summed E-state index contributed by atoms with van der Waals surface area (Å²) < 4.78 is 49.0. The summed E-state index contributed by atoms with van der Waals surface area (Å²) in [6.45, 7) is 3.51. The Balaban J connectivity index is 3.16. The van der Waals surface area contributed by atoms with E-state index in [1.165, 1.54) is 6.07 Å². The predicted molar refractivity (Wildman–Crippen MR) is 79.0 cm³/mol. The number of hydrogen-bond acceptors (Lipinski definition) is 5. The van der Waals surface area contributed by atoms with Crippen LogP contribution in [0, 0.1) is 5.92 Å². The molecule has 0 heterocycles. The Morgan fingerprint density at radius 1 is 1.23 bits per heavy atom. The van der Waals surface area contributed by atoms with Crippen LogP contribution in [-0.4, -0.2) is 34.0 Å². The molecule has 1 rings (SSSR count). The van der Waals surface area contributed by atoms with Crippen molar-refractivity contribution in [3.05, 3.63) is 24.3 Å². The summed E-state index contributed by atoms with van der Waals surface area (Å²) >= 11 is 0. The first-order chi connectivity index (χ1) is 9.93. The summed E-state index contributed by atoms with van der Waals surface area (Å²) in [5.74, 6) is -1.35. The van der Waals surface area contributed by atoms with E-state index in [1.807, 2.05) is 0 Å². The average molecular weight is 350 g/mol. The standard InChI is InChI=1S/C12H18N2O6S2/c1-8(2)6-11(12(15)16)14-22(19,20)10-5-3-4-9(7-10)21(13,17)18/h3-5,7-8,11,14H,6H2,1-2H3,(H,15,16)(H2,13,17,18)/t11-/m1/s1. The van der Waals surface area contributed by atoms with Crippen molar-refractivity contribution in [1.82, 2.24) is 4.72 Å². The van der Waals surface area contributed by atoms with Crippen LogP contribution in [0.1, 0.15) is 20.3 Å². The van der Waals surface area contributed by atoms with Crippen LogP contribution in [0.5, 0.6) is 0 Å². The molecule has 0 bridgehead atoms. The maximum Gasteiger partial charge on any atom is 0.321 e. The molecule has 0 aliphatic carbocycles. The van der Waals surface area contributed by atoms with E-state index in [0.717, 1.165) is 18.2 Å². The quantitative estimate of drug-likeness (QED) is 0.637. The van der Waals surface area contributed by atoms with Gasteiger partial charge in [0.25, 0.3) is 0 Å². The number of rotatable bonds is 7. The minimum absolute atomic E-state index is 0.0421. The lowest BCUT2D eigenvalue weighted by atomic mass is 10.1. The Hall–Kier alpha value is -1.49. The van der Waals surface area contributed by atoms with Crippen LogP contribution < -0.4 is 9.86 Å². The number of aliphatic carboxylic acids is 1. The number of nitrogens with one attached hydrogen (secondary N) is 1. The van der Waals surface area contributed by atoms with Crippen molar-refractivity contribution in [3.8, 4) is 0 Å². The van der Waals surface area contributed by atoms with Crippen LogP contribution in [0.2, 0.25) is 0 Å². The highest BCUT2D eigenvalue weighted by Gasteiger charge is 2.26. The number of hydrogen-bond donors (Lipinski definition) is 3. The third-order valence-corrected chi connectivity index (χ3v) is 5.13. The lowest BCUT2D eigenvalue weighted by Crippen LogP contribution is -2.41. The molecule has 0 radical (unpaired) electrons. The van der Waals surface area contributed by atoms with Crippen LogP contribution in [0.3, 0.4) is 0 Å². The molecule has 22 heavy (non-hydrogen) atoms. The van der Waals surface area contributed by atoms with Gasteiger partial charge in [0.1, 0.15) is 6.04 Å². The molecule has 10 heteroatoms. The largest absolute Gasteiger partial charge is 0.480 e. The maximum absolute atomic E-state index is 12.2. The van der Waals surface area contributed by atoms with Gasteiger partial charge < -0.3 is 5.11 Å². The molecule has 124 valence electrons.